The van der Waals surface area contributed by atoms with Gasteiger partial charge < -0.3 is 35.3 Å². The molecule has 4 heterocycles. The van der Waals surface area contributed by atoms with Crippen LogP contribution in [0, 0.1) is 16.7 Å². The summed E-state index contributed by atoms with van der Waals surface area (Å²) in [5.41, 5.74) is 7.73. The van der Waals surface area contributed by atoms with E-state index in [0.717, 1.165) is 55.8 Å². The number of hydrogen-bond donors (Lipinski definition) is 3. The molecule has 1 aromatic heterocycles. The van der Waals surface area contributed by atoms with Crippen LogP contribution in [0.15, 0.2) is 60.7 Å². The first kappa shape index (κ1) is 33.8. The molecular formula is C34H42FN11O3. The summed E-state index contributed by atoms with van der Waals surface area (Å²) in [6.07, 6.45) is 0.222. The molecule has 49 heavy (non-hydrogen) atoms. The number of alkyl halides is 1. The molecule has 5 N–H and O–H groups in total. The van der Waals surface area contributed by atoms with Crippen molar-refractivity contribution in [3.8, 4) is 23.2 Å². The molecule has 2 atom stereocenters. The molecule has 0 bridgehead atoms. The molecule has 2 unspecified atom stereocenters. The van der Waals surface area contributed by atoms with Crippen LogP contribution in [-0.4, -0.2) is 114 Å². The van der Waals surface area contributed by atoms with Crippen molar-refractivity contribution in [2.75, 3.05) is 69.7 Å². The number of amides is 1. The number of carbonyl (C=O) groups excluding carboxylic acids is 1. The largest absolute Gasteiger partial charge is 0.485 e. The Kier molecular flexibility index (Phi) is 9.81. The molecule has 3 fully saturated rings. The maximum atomic E-state index is 15.6. The van der Waals surface area contributed by atoms with Crippen LogP contribution in [0.1, 0.15) is 19.4 Å². The third kappa shape index (κ3) is 7.67. The minimum atomic E-state index is -1.54. The molecule has 1 amide bonds. The summed E-state index contributed by atoms with van der Waals surface area (Å²) in [7, 11) is 1.53. The predicted octanol–water partition coefficient (Wildman–Crippen LogP) is 2.23. The normalized spacial score (nSPS) is 21.4. The van der Waals surface area contributed by atoms with E-state index in [4.69, 9.17) is 21.1 Å². The third-order valence-corrected chi connectivity index (χ3v) is 9.09. The number of anilines is 3. The Balaban J connectivity index is 1.10. The SMILES string of the molecule is CN(N)/C=C(\N)C(=O)N1CC(F)C(Oc2ccc(-c3ncnc(Nc4ccc(N5CCN(C6COC6)CC5)cc4)n3)cc2C#N)C(C)(C)C1. The number of ether oxygens (including phenoxy) is 2. The van der Waals surface area contributed by atoms with Crippen molar-refractivity contribution in [1.29, 1.82) is 5.26 Å². The van der Waals surface area contributed by atoms with Gasteiger partial charge in [0.25, 0.3) is 5.91 Å². The second-order valence-electron chi connectivity index (χ2n) is 13.3. The van der Waals surface area contributed by atoms with E-state index < -0.39 is 23.6 Å². The highest BCUT2D eigenvalue weighted by molar-refractivity contribution is 5.92. The van der Waals surface area contributed by atoms with Gasteiger partial charge in [0, 0.05) is 68.3 Å². The molecule has 15 heteroatoms. The summed E-state index contributed by atoms with van der Waals surface area (Å²) in [4.78, 5) is 32.2. The van der Waals surface area contributed by atoms with Gasteiger partial charge in [-0.25, -0.2) is 20.2 Å². The summed E-state index contributed by atoms with van der Waals surface area (Å²) < 4.78 is 27.1. The monoisotopic (exact) mass is 671 g/mol. The molecule has 0 radical (unpaired) electrons. The van der Waals surface area contributed by atoms with Gasteiger partial charge in [-0.1, -0.05) is 13.8 Å². The highest BCUT2D eigenvalue weighted by Crippen LogP contribution is 2.36. The Morgan fingerprint density at radius 2 is 1.90 bits per heavy atom. The highest BCUT2D eigenvalue weighted by Gasteiger charge is 2.46. The number of piperidine rings is 1. The number of benzene rings is 2. The molecule has 3 saturated heterocycles. The van der Waals surface area contributed by atoms with Crippen LogP contribution >= 0.6 is 0 Å². The minimum absolute atomic E-state index is 0.0931. The number of rotatable bonds is 9. The van der Waals surface area contributed by atoms with Crippen LogP contribution in [0.25, 0.3) is 11.4 Å². The van der Waals surface area contributed by atoms with E-state index in [1.165, 1.54) is 24.5 Å². The summed E-state index contributed by atoms with van der Waals surface area (Å²) in [6.45, 7) is 9.27. The van der Waals surface area contributed by atoms with E-state index in [1.807, 2.05) is 12.1 Å². The van der Waals surface area contributed by atoms with Crippen molar-refractivity contribution in [1.82, 2.24) is 29.8 Å². The second kappa shape index (κ2) is 14.2. The van der Waals surface area contributed by atoms with Gasteiger partial charge in [-0.2, -0.15) is 10.2 Å². The van der Waals surface area contributed by atoms with E-state index in [2.05, 4.69) is 48.3 Å². The number of nitrogens with one attached hydrogen (secondary N) is 1. The number of halogens is 1. The summed E-state index contributed by atoms with van der Waals surface area (Å²) in [5, 5.41) is 14.4. The van der Waals surface area contributed by atoms with E-state index >= 15 is 4.39 Å². The molecule has 0 aliphatic carbocycles. The van der Waals surface area contributed by atoms with Crippen molar-refractivity contribution in [3.63, 3.8) is 0 Å². The Labute approximate surface area is 285 Å². The molecule has 258 valence electrons. The summed E-state index contributed by atoms with van der Waals surface area (Å²) >= 11 is 0. The Bertz CT molecular complexity index is 1720. The number of likely N-dealkylation sites (tertiary alicyclic amines) is 1. The third-order valence-electron chi connectivity index (χ3n) is 9.09. The standard InChI is InChI=1S/C34H42FN11O3/c1-34(2)20-46(32(47)28(37)17-43(3)38)16-27(35)30(34)49-29-9-4-22(14-23(29)15-36)31-39-21-40-33(42-31)41-24-5-7-25(8-6-24)44-10-12-45(13-11-44)26-18-48-19-26/h4-9,14,17,21,26-27,30H,10-13,16,18-20,37-38H2,1-3H3,(H,39,40,41,42)/b28-17-. The van der Waals surface area contributed by atoms with Crippen LogP contribution in [0.3, 0.4) is 0 Å². The van der Waals surface area contributed by atoms with Crippen molar-refractivity contribution in [2.45, 2.75) is 32.2 Å². The lowest BCUT2D eigenvalue weighted by Gasteiger charge is -2.45. The number of carbonyl (C=O) groups is 1. The first-order chi connectivity index (χ1) is 23.5. The van der Waals surface area contributed by atoms with Gasteiger partial charge in [0.2, 0.25) is 5.95 Å². The molecule has 0 saturated carbocycles. The van der Waals surface area contributed by atoms with Crippen LogP contribution in [0.2, 0.25) is 0 Å². The fourth-order valence-corrected chi connectivity index (χ4v) is 6.44. The average Bonchev–Trinajstić information content (AvgIpc) is 3.05. The number of nitrogens with two attached hydrogens (primary N) is 2. The van der Waals surface area contributed by atoms with E-state index in [0.29, 0.717) is 23.4 Å². The van der Waals surface area contributed by atoms with E-state index in [-0.39, 0.29) is 30.1 Å². The maximum absolute atomic E-state index is 15.6. The molecule has 3 aromatic rings. The lowest BCUT2D eigenvalue weighted by atomic mass is 9.80. The fourth-order valence-electron chi connectivity index (χ4n) is 6.44. The topological polar surface area (TPSA) is 175 Å². The van der Waals surface area contributed by atoms with Gasteiger partial charge in [-0.15, -0.1) is 0 Å². The Hall–Kier alpha value is -5.04. The number of nitrogens with zero attached hydrogens (tertiary/aromatic N) is 8. The zero-order valence-corrected chi connectivity index (χ0v) is 27.9. The van der Waals surface area contributed by atoms with Crippen LogP contribution in [0.5, 0.6) is 5.75 Å². The zero-order valence-electron chi connectivity index (χ0n) is 27.9. The first-order valence-corrected chi connectivity index (χ1v) is 16.2. The zero-order chi connectivity index (χ0) is 34.7. The minimum Gasteiger partial charge on any atom is -0.485 e. The molecule has 3 aliphatic heterocycles. The molecule has 6 rings (SSSR count). The summed E-state index contributed by atoms with van der Waals surface area (Å²) in [5.74, 6) is 5.99. The molecular weight excluding hydrogens is 629 g/mol. The highest BCUT2D eigenvalue weighted by atomic mass is 19.1. The van der Waals surface area contributed by atoms with Crippen LogP contribution in [0.4, 0.5) is 21.7 Å². The Morgan fingerprint density at radius 3 is 2.53 bits per heavy atom. The van der Waals surface area contributed by atoms with Crippen LogP contribution in [-0.2, 0) is 9.53 Å². The smallest absolute Gasteiger partial charge is 0.271 e. The number of hydrogen-bond acceptors (Lipinski definition) is 13. The average molecular weight is 672 g/mol. The number of piperazine rings is 1. The quantitative estimate of drug-likeness (QED) is 0.172. The van der Waals surface area contributed by atoms with E-state index in [9.17, 15) is 10.1 Å². The Morgan fingerprint density at radius 1 is 1.16 bits per heavy atom. The van der Waals surface area contributed by atoms with Gasteiger partial charge in [0.15, 0.2) is 12.0 Å². The first-order valence-electron chi connectivity index (χ1n) is 16.2. The van der Waals surface area contributed by atoms with Gasteiger partial charge in [0.05, 0.1) is 31.4 Å². The maximum Gasteiger partial charge on any atom is 0.271 e. The number of hydrazine groups is 1. The van der Waals surface area contributed by atoms with Crippen molar-refractivity contribution >= 4 is 23.2 Å². The lowest BCUT2D eigenvalue weighted by Crippen LogP contribution is -2.59. The van der Waals surface area contributed by atoms with Gasteiger partial charge >= 0.3 is 0 Å². The molecule has 14 nitrogen and oxygen atoms in total. The van der Waals surface area contributed by atoms with Gasteiger partial charge in [-0.05, 0) is 42.5 Å². The van der Waals surface area contributed by atoms with Crippen molar-refractivity contribution < 1.29 is 18.7 Å². The van der Waals surface area contributed by atoms with Gasteiger partial charge in [-0.3, -0.25) is 9.69 Å². The summed E-state index contributed by atoms with van der Waals surface area (Å²) in [6, 6.07) is 15.8. The molecule has 2 aromatic carbocycles. The van der Waals surface area contributed by atoms with E-state index in [1.54, 1.807) is 32.0 Å². The second-order valence-corrected chi connectivity index (χ2v) is 13.3. The number of aromatic nitrogens is 3. The molecule has 0 spiro atoms. The molecule has 3 aliphatic rings. The van der Waals surface area contributed by atoms with Gasteiger partial charge in [0.1, 0.15) is 29.9 Å². The van der Waals surface area contributed by atoms with Crippen molar-refractivity contribution in [3.05, 3.63) is 66.3 Å². The fraction of sp³-hybridized carbons (Fsp3) is 0.441. The van der Waals surface area contributed by atoms with Crippen LogP contribution < -0.4 is 26.5 Å². The lowest BCUT2D eigenvalue weighted by molar-refractivity contribution is -0.138. The predicted molar refractivity (Wildman–Crippen MR) is 182 cm³/mol. The number of nitriles is 1. The van der Waals surface area contributed by atoms with Crippen molar-refractivity contribution in [2.24, 2.45) is 17.0 Å².